The Labute approximate surface area is 249 Å². The minimum Gasteiger partial charge on any atom is -0.507 e. The zero-order valence-electron chi connectivity index (χ0n) is 25.2. The van der Waals surface area contributed by atoms with Crippen LogP contribution in [0.2, 0.25) is 0 Å². The molecule has 0 heterocycles. The maximum Gasteiger partial charge on any atom is 0.131 e. The highest BCUT2D eigenvalue weighted by Gasteiger charge is 2.42. The van der Waals surface area contributed by atoms with E-state index < -0.39 is 0 Å². The number of benzene rings is 2. The number of aryl methyl sites for hydroxylation is 2. The standard InChI is InChI=1S/C38H45O2P/c1-5-29-25-34-36(30-13-9-7-10-14-30)35(39)20-19-32(24-28-18-17-26(3)27(4)23-28)38(34)37(31-15-11-8-12-16-31)33(29)21-22-41-40-6-2/h7-11,13-15,17-18,20,23,29,33,37,39,41H,5-6,12,16,21-22,24-25H2,1-4H3. The van der Waals surface area contributed by atoms with Crippen molar-refractivity contribution in [3.8, 4) is 0 Å². The van der Waals surface area contributed by atoms with Gasteiger partial charge in [0.15, 0.2) is 0 Å². The third-order valence-electron chi connectivity index (χ3n) is 9.21. The average Bonchev–Trinajstić information content (AvgIpc) is 3.13. The van der Waals surface area contributed by atoms with Gasteiger partial charge in [-0.05, 0) is 97.9 Å². The van der Waals surface area contributed by atoms with E-state index in [1.165, 1.54) is 39.0 Å². The summed E-state index contributed by atoms with van der Waals surface area (Å²) in [7, 11) is 0.556. The Morgan fingerprint density at radius 3 is 2.59 bits per heavy atom. The minimum absolute atomic E-state index is 0.312. The van der Waals surface area contributed by atoms with Crippen molar-refractivity contribution in [3.63, 3.8) is 0 Å². The molecule has 41 heavy (non-hydrogen) atoms. The Hall–Kier alpha value is -2.89. The molecule has 4 atom stereocenters. The first kappa shape index (κ1) is 29.6. The highest BCUT2D eigenvalue weighted by atomic mass is 31.1. The topological polar surface area (TPSA) is 29.5 Å². The molecule has 214 valence electrons. The highest BCUT2D eigenvalue weighted by molar-refractivity contribution is 7.32. The van der Waals surface area contributed by atoms with Crippen LogP contribution >= 0.6 is 8.81 Å². The maximum absolute atomic E-state index is 11.6. The van der Waals surface area contributed by atoms with Crippen molar-refractivity contribution < 1.29 is 9.63 Å². The van der Waals surface area contributed by atoms with Crippen LogP contribution in [-0.2, 0) is 10.9 Å². The van der Waals surface area contributed by atoms with Gasteiger partial charge >= 0.3 is 0 Å². The molecule has 2 aromatic carbocycles. The molecule has 0 bridgehead atoms. The molecule has 4 unspecified atom stereocenters. The summed E-state index contributed by atoms with van der Waals surface area (Å²) in [6.07, 6.45) is 16.2. The normalized spacial score (nSPS) is 22.7. The summed E-state index contributed by atoms with van der Waals surface area (Å²) in [4.78, 5) is 0. The van der Waals surface area contributed by atoms with Crippen LogP contribution in [0.25, 0.3) is 5.57 Å². The molecule has 2 aromatic rings. The van der Waals surface area contributed by atoms with Crippen LogP contribution in [0.1, 0.15) is 68.2 Å². The van der Waals surface area contributed by atoms with E-state index in [0.29, 0.717) is 32.3 Å². The highest BCUT2D eigenvalue weighted by Crippen LogP contribution is 2.53. The molecule has 0 radical (unpaired) electrons. The smallest absolute Gasteiger partial charge is 0.131 e. The SMILES string of the molecule is CCOPCCC1C(CC)CC2=C(C(Cc3ccc(C)c(C)c3)=C=CC(O)=C2c2ccccc2)C1C1=CC=CCC1. The Bertz CT molecular complexity index is 1430. The molecule has 0 aliphatic heterocycles. The van der Waals surface area contributed by atoms with Gasteiger partial charge in [-0.2, -0.15) is 0 Å². The van der Waals surface area contributed by atoms with E-state index in [0.717, 1.165) is 62.4 Å². The monoisotopic (exact) mass is 564 g/mol. The van der Waals surface area contributed by atoms with E-state index >= 15 is 0 Å². The van der Waals surface area contributed by atoms with Gasteiger partial charge in [-0.1, -0.05) is 85.7 Å². The summed E-state index contributed by atoms with van der Waals surface area (Å²) in [5.41, 5.74) is 15.2. The summed E-state index contributed by atoms with van der Waals surface area (Å²) in [5, 5.41) is 11.6. The van der Waals surface area contributed by atoms with E-state index in [2.05, 4.69) is 100 Å². The summed E-state index contributed by atoms with van der Waals surface area (Å²) in [5.74, 6) is 1.73. The lowest BCUT2D eigenvalue weighted by molar-refractivity contribution is 0.238. The Balaban J connectivity index is 1.71. The van der Waals surface area contributed by atoms with Gasteiger partial charge in [-0.25, -0.2) is 0 Å². The van der Waals surface area contributed by atoms with E-state index in [9.17, 15) is 5.11 Å². The molecular formula is C38H45O2P. The number of hydrogen-bond acceptors (Lipinski definition) is 2. The summed E-state index contributed by atoms with van der Waals surface area (Å²) in [6.45, 7) is 9.61. The number of aliphatic hydroxyl groups is 1. The fraction of sp³-hybridized carbons (Fsp3) is 0.395. The Morgan fingerprint density at radius 2 is 1.88 bits per heavy atom. The molecule has 0 fully saturated rings. The quantitative estimate of drug-likeness (QED) is 0.177. The first-order valence-corrected chi connectivity index (χ1v) is 16.6. The molecule has 3 aliphatic carbocycles. The molecule has 0 saturated heterocycles. The van der Waals surface area contributed by atoms with Gasteiger partial charge in [-0.3, -0.25) is 0 Å². The molecule has 0 spiro atoms. The van der Waals surface area contributed by atoms with Gasteiger partial charge in [0.25, 0.3) is 0 Å². The minimum atomic E-state index is 0.312. The van der Waals surface area contributed by atoms with E-state index in [1.54, 1.807) is 0 Å². The molecule has 0 amide bonds. The number of aliphatic hydroxyl groups excluding tert-OH is 1. The van der Waals surface area contributed by atoms with Gasteiger partial charge in [0.05, 0.1) is 0 Å². The third kappa shape index (κ3) is 6.62. The molecule has 2 nitrogen and oxygen atoms in total. The van der Waals surface area contributed by atoms with Crippen LogP contribution in [-0.4, -0.2) is 17.9 Å². The van der Waals surface area contributed by atoms with Crippen molar-refractivity contribution in [1.29, 1.82) is 0 Å². The van der Waals surface area contributed by atoms with Gasteiger partial charge in [0.2, 0.25) is 0 Å². The van der Waals surface area contributed by atoms with Crippen LogP contribution in [0, 0.1) is 31.6 Å². The van der Waals surface area contributed by atoms with Crippen molar-refractivity contribution in [2.75, 3.05) is 12.8 Å². The fourth-order valence-electron chi connectivity index (χ4n) is 7.04. The molecule has 5 rings (SSSR count). The molecule has 3 heteroatoms. The average molecular weight is 565 g/mol. The molecule has 3 aliphatic rings. The predicted octanol–water partition coefficient (Wildman–Crippen LogP) is 10.2. The largest absolute Gasteiger partial charge is 0.507 e. The van der Waals surface area contributed by atoms with Crippen molar-refractivity contribution in [3.05, 3.63) is 129 Å². The van der Waals surface area contributed by atoms with Gasteiger partial charge in [0.1, 0.15) is 5.76 Å². The summed E-state index contributed by atoms with van der Waals surface area (Å²) < 4.78 is 5.84. The fourth-order valence-corrected chi connectivity index (χ4v) is 7.84. The maximum atomic E-state index is 11.6. The number of hydrogen-bond donors (Lipinski definition) is 1. The van der Waals surface area contributed by atoms with Crippen molar-refractivity contribution in [1.82, 2.24) is 0 Å². The molecule has 0 saturated carbocycles. The second-order valence-electron chi connectivity index (χ2n) is 11.7. The molecule has 0 aromatic heterocycles. The van der Waals surface area contributed by atoms with Gasteiger partial charge in [0, 0.05) is 45.0 Å². The second kappa shape index (κ2) is 13.8. The number of allylic oxidation sites excluding steroid dienone is 8. The molecular weight excluding hydrogens is 519 g/mol. The van der Waals surface area contributed by atoms with Crippen molar-refractivity contribution in [2.45, 2.75) is 66.2 Å². The van der Waals surface area contributed by atoms with Crippen LogP contribution in [0.5, 0.6) is 0 Å². The lowest BCUT2D eigenvalue weighted by Crippen LogP contribution is -2.34. The van der Waals surface area contributed by atoms with Crippen LogP contribution in [0.4, 0.5) is 0 Å². The van der Waals surface area contributed by atoms with E-state index in [-0.39, 0.29) is 0 Å². The molecule has 1 N–H and O–H groups in total. The van der Waals surface area contributed by atoms with Crippen molar-refractivity contribution >= 4 is 14.4 Å². The predicted molar refractivity (Wildman–Crippen MR) is 175 cm³/mol. The van der Waals surface area contributed by atoms with E-state index in [1.807, 2.05) is 6.08 Å². The Morgan fingerprint density at radius 1 is 1.05 bits per heavy atom. The zero-order valence-corrected chi connectivity index (χ0v) is 26.2. The lowest BCUT2D eigenvalue weighted by Gasteiger charge is -2.44. The van der Waals surface area contributed by atoms with Crippen molar-refractivity contribution in [2.24, 2.45) is 17.8 Å². The lowest BCUT2D eigenvalue weighted by atomic mass is 9.60. The van der Waals surface area contributed by atoms with Gasteiger partial charge in [-0.15, -0.1) is 5.73 Å². The first-order chi connectivity index (χ1) is 20.0. The van der Waals surface area contributed by atoms with Gasteiger partial charge < -0.3 is 9.63 Å². The third-order valence-corrected chi connectivity index (χ3v) is 10.2. The summed E-state index contributed by atoms with van der Waals surface area (Å²) >= 11 is 0. The second-order valence-corrected chi connectivity index (χ2v) is 12.8. The zero-order chi connectivity index (χ0) is 28.8. The first-order valence-electron chi connectivity index (χ1n) is 15.5. The van der Waals surface area contributed by atoms with Crippen LogP contribution < -0.4 is 0 Å². The van der Waals surface area contributed by atoms with Crippen LogP contribution in [0.15, 0.2) is 107 Å². The summed E-state index contributed by atoms with van der Waals surface area (Å²) in [6, 6.07) is 17.3. The van der Waals surface area contributed by atoms with Crippen LogP contribution in [0.3, 0.4) is 0 Å². The Kier molecular flexibility index (Phi) is 10.00. The van der Waals surface area contributed by atoms with E-state index in [4.69, 9.17) is 4.52 Å². The number of rotatable bonds is 10.